The van der Waals surface area contributed by atoms with E-state index >= 15 is 0 Å². The average molecular weight is 290 g/mol. The Hall–Kier alpha value is -2.11. The van der Waals surface area contributed by atoms with E-state index in [0.717, 1.165) is 10.8 Å². The second-order valence-electron chi connectivity index (χ2n) is 4.57. The van der Waals surface area contributed by atoms with Crippen LogP contribution in [0, 0.1) is 0 Å². The Bertz CT molecular complexity index is 623. The zero-order valence-electron chi connectivity index (χ0n) is 11.8. The van der Waals surface area contributed by atoms with Crippen LogP contribution in [-0.2, 0) is 9.53 Å². The molecule has 2 rings (SSSR count). The lowest BCUT2D eigenvalue weighted by atomic mass is 9.99. The van der Waals surface area contributed by atoms with Crippen molar-refractivity contribution in [3.8, 4) is 5.75 Å². The number of hydrogen-bond donors (Lipinski definition) is 2. The number of carboxylic acid groups (broad SMARTS) is 1. The molecule has 1 unspecified atom stereocenters. The number of rotatable bonds is 7. The van der Waals surface area contributed by atoms with Crippen LogP contribution in [0.1, 0.15) is 18.1 Å². The molecule has 21 heavy (non-hydrogen) atoms. The summed E-state index contributed by atoms with van der Waals surface area (Å²) in [6.45, 7) is 0.124. The standard InChI is InChI=1S/C16H18O5/c1-20-13-8-7-11-5-2-3-6-12(11)14(13)15(16(18)19)21-10-4-9-17/h2-3,5-8,15,17H,4,9-10H2,1H3,(H,18,19). The van der Waals surface area contributed by atoms with Gasteiger partial charge >= 0.3 is 5.97 Å². The van der Waals surface area contributed by atoms with Crippen LogP contribution in [0.15, 0.2) is 36.4 Å². The van der Waals surface area contributed by atoms with Gasteiger partial charge in [0, 0.05) is 12.2 Å². The van der Waals surface area contributed by atoms with E-state index in [9.17, 15) is 9.90 Å². The fourth-order valence-electron chi connectivity index (χ4n) is 2.27. The van der Waals surface area contributed by atoms with Crippen LogP contribution in [0.3, 0.4) is 0 Å². The fraction of sp³-hybridized carbons (Fsp3) is 0.312. The summed E-state index contributed by atoms with van der Waals surface area (Å²) < 4.78 is 10.7. The van der Waals surface area contributed by atoms with Gasteiger partial charge in [0.1, 0.15) is 5.75 Å². The molecule has 0 amide bonds. The molecule has 1 atom stereocenters. The number of benzene rings is 2. The number of aliphatic hydroxyl groups excluding tert-OH is 1. The maximum absolute atomic E-state index is 11.6. The SMILES string of the molecule is COc1ccc2ccccc2c1C(OCCCO)C(=O)O. The van der Waals surface area contributed by atoms with E-state index < -0.39 is 12.1 Å². The van der Waals surface area contributed by atoms with Crippen LogP contribution in [0.5, 0.6) is 5.75 Å². The van der Waals surface area contributed by atoms with Crippen molar-refractivity contribution >= 4 is 16.7 Å². The Balaban J connectivity index is 2.51. The molecular weight excluding hydrogens is 272 g/mol. The molecule has 0 fully saturated rings. The van der Waals surface area contributed by atoms with Gasteiger partial charge in [-0.05, 0) is 23.3 Å². The van der Waals surface area contributed by atoms with Gasteiger partial charge in [0.2, 0.25) is 0 Å². The molecule has 2 aromatic rings. The first kappa shape index (κ1) is 15.3. The topological polar surface area (TPSA) is 76.0 Å². The van der Waals surface area contributed by atoms with Crippen molar-refractivity contribution in [2.24, 2.45) is 0 Å². The third kappa shape index (κ3) is 3.32. The van der Waals surface area contributed by atoms with Gasteiger partial charge in [-0.25, -0.2) is 4.79 Å². The number of carboxylic acids is 1. The van der Waals surface area contributed by atoms with Gasteiger partial charge in [-0.15, -0.1) is 0 Å². The van der Waals surface area contributed by atoms with Gasteiger partial charge in [0.15, 0.2) is 6.10 Å². The average Bonchev–Trinajstić information content (AvgIpc) is 2.50. The molecule has 0 aromatic heterocycles. The minimum absolute atomic E-state index is 0.0426. The van der Waals surface area contributed by atoms with Crippen molar-refractivity contribution in [1.82, 2.24) is 0 Å². The molecule has 0 spiro atoms. The Morgan fingerprint density at radius 1 is 1.24 bits per heavy atom. The number of aliphatic carboxylic acids is 1. The second kappa shape index (κ2) is 7.06. The van der Waals surface area contributed by atoms with E-state index in [-0.39, 0.29) is 13.2 Å². The summed E-state index contributed by atoms with van der Waals surface area (Å²) in [5.74, 6) is -0.604. The number of fused-ring (bicyclic) bond motifs is 1. The van der Waals surface area contributed by atoms with Crippen LogP contribution in [-0.4, -0.2) is 36.5 Å². The van der Waals surface area contributed by atoms with Crippen LogP contribution < -0.4 is 4.74 Å². The predicted octanol–water partition coefficient (Wildman–Crippen LogP) is 2.37. The number of hydrogen-bond acceptors (Lipinski definition) is 4. The molecule has 0 saturated heterocycles. The quantitative estimate of drug-likeness (QED) is 0.766. The third-order valence-corrected chi connectivity index (χ3v) is 3.22. The van der Waals surface area contributed by atoms with Gasteiger partial charge in [-0.2, -0.15) is 0 Å². The largest absolute Gasteiger partial charge is 0.496 e. The molecule has 0 heterocycles. The van der Waals surface area contributed by atoms with Crippen molar-refractivity contribution in [1.29, 1.82) is 0 Å². The summed E-state index contributed by atoms with van der Waals surface area (Å²) in [7, 11) is 1.50. The molecular formula is C16H18O5. The molecule has 0 saturated carbocycles. The first-order valence-electron chi connectivity index (χ1n) is 6.70. The van der Waals surface area contributed by atoms with Crippen molar-refractivity contribution in [2.75, 3.05) is 20.3 Å². The summed E-state index contributed by atoms with van der Waals surface area (Å²) in [5.41, 5.74) is 0.501. The smallest absolute Gasteiger partial charge is 0.337 e. The molecule has 0 bridgehead atoms. The van der Waals surface area contributed by atoms with Gasteiger partial charge in [0.25, 0.3) is 0 Å². The third-order valence-electron chi connectivity index (χ3n) is 3.22. The van der Waals surface area contributed by atoms with E-state index in [1.807, 2.05) is 30.3 Å². The van der Waals surface area contributed by atoms with Crippen LogP contribution >= 0.6 is 0 Å². The summed E-state index contributed by atoms with van der Waals surface area (Å²) in [6.07, 6.45) is -0.741. The van der Waals surface area contributed by atoms with Gasteiger partial charge in [-0.1, -0.05) is 30.3 Å². The first-order chi connectivity index (χ1) is 10.2. The highest BCUT2D eigenvalue weighted by molar-refractivity contribution is 5.92. The Labute approximate surface area is 122 Å². The fourth-order valence-corrected chi connectivity index (χ4v) is 2.27. The Morgan fingerprint density at radius 3 is 2.67 bits per heavy atom. The minimum Gasteiger partial charge on any atom is -0.496 e. The number of aliphatic hydroxyl groups is 1. The van der Waals surface area contributed by atoms with E-state index in [1.165, 1.54) is 7.11 Å². The number of methoxy groups -OCH3 is 1. The minimum atomic E-state index is -1.13. The van der Waals surface area contributed by atoms with E-state index in [0.29, 0.717) is 17.7 Å². The lowest BCUT2D eigenvalue weighted by Gasteiger charge is -2.19. The first-order valence-corrected chi connectivity index (χ1v) is 6.70. The molecule has 112 valence electrons. The van der Waals surface area contributed by atoms with Crippen LogP contribution in [0.2, 0.25) is 0 Å². The number of ether oxygens (including phenoxy) is 2. The Morgan fingerprint density at radius 2 is 2.00 bits per heavy atom. The summed E-state index contributed by atoms with van der Waals surface area (Å²) in [5, 5.41) is 20.0. The number of carbonyl (C=O) groups is 1. The monoisotopic (exact) mass is 290 g/mol. The molecule has 2 N–H and O–H groups in total. The molecule has 0 aliphatic rings. The predicted molar refractivity (Wildman–Crippen MR) is 78.5 cm³/mol. The van der Waals surface area contributed by atoms with E-state index in [1.54, 1.807) is 6.07 Å². The highest BCUT2D eigenvalue weighted by atomic mass is 16.5. The van der Waals surface area contributed by atoms with Crippen LogP contribution in [0.4, 0.5) is 0 Å². The van der Waals surface area contributed by atoms with Crippen molar-refractivity contribution in [3.05, 3.63) is 42.0 Å². The van der Waals surface area contributed by atoms with E-state index in [4.69, 9.17) is 14.6 Å². The van der Waals surface area contributed by atoms with E-state index in [2.05, 4.69) is 0 Å². The molecule has 0 aliphatic carbocycles. The molecule has 0 radical (unpaired) electrons. The summed E-state index contributed by atoms with van der Waals surface area (Å²) in [4.78, 5) is 11.6. The lowest BCUT2D eigenvalue weighted by Crippen LogP contribution is -2.17. The molecule has 0 aliphatic heterocycles. The second-order valence-corrected chi connectivity index (χ2v) is 4.57. The van der Waals surface area contributed by atoms with Crippen molar-refractivity contribution in [2.45, 2.75) is 12.5 Å². The summed E-state index contributed by atoms with van der Waals surface area (Å²) >= 11 is 0. The maximum atomic E-state index is 11.6. The normalized spacial score (nSPS) is 12.3. The Kier molecular flexibility index (Phi) is 5.14. The highest BCUT2D eigenvalue weighted by Crippen LogP contribution is 2.35. The van der Waals surface area contributed by atoms with Gasteiger partial charge < -0.3 is 19.7 Å². The van der Waals surface area contributed by atoms with Crippen LogP contribution in [0.25, 0.3) is 10.8 Å². The van der Waals surface area contributed by atoms with Crippen molar-refractivity contribution in [3.63, 3.8) is 0 Å². The maximum Gasteiger partial charge on any atom is 0.337 e. The lowest BCUT2D eigenvalue weighted by molar-refractivity contribution is -0.151. The van der Waals surface area contributed by atoms with Crippen molar-refractivity contribution < 1.29 is 24.5 Å². The highest BCUT2D eigenvalue weighted by Gasteiger charge is 2.26. The molecule has 5 nitrogen and oxygen atoms in total. The zero-order chi connectivity index (χ0) is 15.2. The van der Waals surface area contributed by atoms with Gasteiger partial charge in [-0.3, -0.25) is 0 Å². The van der Waals surface area contributed by atoms with Gasteiger partial charge in [0.05, 0.1) is 13.7 Å². The zero-order valence-corrected chi connectivity index (χ0v) is 11.8. The molecule has 5 heteroatoms. The summed E-state index contributed by atoms with van der Waals surface area (Å²) in [6, 6.07) is 11.1. The molecule has 2 aromatic carbocycles.